The Labute approximate surface area is 139 Å². The molecule has 2 aromatic rings. The van der Waals surface area contributed by atoms with Gasteiger partial charge in [-0.1, -0.05) is 18.2 Å². The van der Waals surface area contributed by atoms with E-state index in [9.17, 15) is 12.8 Å². The van der Waals surface area contributed by atoms with Crippen LogP contribution in [0.3, 0.4) is 0 Å². The van der Waals surface area contributed by atoms with Gasteiger partial charge in [0.15, 0.2) is 5.82 Å². The number of aromatic amines is 1. The predicted molar refractivity (Wildman–Crippen MR) is 85.1 cm³/mol. The highest BCUT2D eigenvalue weighted by Crippen LogP contribution is 2.31. The number of nitrogens with zero attached hydrogens (tertiary/aromatic N) is 2. The standard InChI is InChI=1S/C15H19FN4O3S/c16-13-4-2-1-3-11(13)6-8-24(21,22)19-9-12-5-7-23-14(12)15-17-10-18-20-15/h1-4,10,12,14,19H,5-9H2,(H,17,18,20)/t12-,14-/m0/s1. The molecule has 130 valence electrons. The van der Waals surface area contributed by atoms with E-state index in [1.165, 1.54) is 12.4 Å². The highest BCUT2D eigenvalue weighted by molar-refractivity contribution is 7.89. The lowest BCUT2D eigenvalue weighted by Crippen LogP contribution is -2.33. The SMILES string of the molecule is O=S(=O)(CCc1ccccc1F)NC[C@@H]1CCO[C@@H]1c1ncn[nH]1. The number of aryl methyl sites for hydroxylation is 1. The second-order valence-electron chi connectivity index (χ2n) is 5.72. The van der Waals surface area contributed by atoms with Crippen molar-refractivity contribution in [2.45, 2.75) is 18.9 Å². The van der Waals surface area contributed by atoms with Gasteiger partial charge in [-0.25, -0.2) is 22.5 Å². The zero-order valence-electron chi connectivity index (χ0n) is 13.0. The van der Waals surface area contributed by atoms with Gasteiger partial charge in [0.1, 0.15) is 18.2 Å². The van der Waals surface area contributed by atoms with Crippen LogP contribution in [0.15, 0.2) is 30.6 Å². The summed E-state index contributed by atoms with van der Waals surface area (Å²) in [7, 11) is -3.49. The summed E-state index contributed by atoms with van der Waals surface area (Å²) in [6, 6.07) is 6.19. The summed E-state index contributed by atoms with van der Waals surface area (Å²) >= 11 is 0. The number of halogens is 1. The molecule has 1 fully saturated rings. The smallest absolute Gasteiger partial charge is 0.211 e. The van der Waals surface area contributed by atoms with Gasteiger partial charge >= 0.3 is 0 Å². The van der Waals surface area contributed by atoms with Crippen molar-refractivity contribution in [1.82, 2.24) is 19.9 Å². The van der Waals surface area contributed by atoms with Crippen LogP contribution in [0.2, 0.25) is 0 Å². The van der Waals surface area contributed by atoms with Gasteiger partial charge in [0.05, 0.1) is 5.75 Å². The van der Waals surface area contributed by atoms with Crippen LogP contribution >= 0.6 is 0 Å². The maximum absolute atomic E-state index is 13.6. The number of hydrogen-bond donors (Lipinski definition) is 2. The van der Waals surface area contributed by atoms with Crippen molar-refractivity contribution in [3.05, 3.63) is 47.8 Å². The molecule has 0 spiro atoms. The molecule has 1 aromatic heterocycles. The third-order valence-corrected chi connectivity index (χ3v) is 5.43. The van der Waals surface area contributed by atoms with E-state index in [1.54, 1.807) is 18.2 Å². The molecule has 3 rings (SSSR count). The molecule has 2 heterocycles. The lowest BCUT2D eigenvalue weighted by Gasteiger charge is -2.16. The highest BCUT2D eigenvalue weighted by Gasteiger charge is 2.32. The van der Waals surface area contributed by atoms with Gasteiger partial charge in [0.2, 0.25) is 10.0 Å². The Morgan fingerprint density at radius 2 is 2.21 bits per heavy atom. The van der Waals surface area contributed by atoms with E-state index in [-0.39, 0.29) is 36.6 Å². The van der Waals surface area contributed by atoms with Crippen LogP contribution < -0.4 is 4.72 Å². The largest absolute Gasteiger partial charge is 0.370 e. The Hall–Kier alpha value is -1.84. The molecule has 1 aliphatic heterocycles. The first-order valence-corrected chi connectivity index (χ1v) is 9.38. The van der Waals surface area contributed by atoms with Crippen LogP contribution in [-0.4, -0.2) is 42.5 Å². The number of benzene rings is 1. The molecule has 2 atom stereocenters. The summed E-state index contributed by atoms with van der Waals surface area (Å²) in [5, 5.41) is 6.55. The van der Waals surface area contributed by atoms with Gasteiger partial charge < -0.3 is 4.74 Å². The Morgan fingerprint density at radius 1 is 1.38 bits per heavy atom. The first-order chi connectivity index (χ1) is 11.6. The molecule has 7 nitrogen and oxygen atoms in total. The minimum absolute atomic E-state index is 0.0128. The van der Waals surface area contributed by atoms with Crippen LogP contribution in [0.25, 0.3) is 0 Å². The quantitative estimate of drug-likeness (QED) is 0.778. The molecule has 0 bridgehead atoms. The van der Waals surface area contributed by atoms with Crippen molar-refractivity contribution in [3.8, 4) is 0 Å². The third-order valence-electron chi connectivity index (χ3n) is 4.08. The Kier molecular flexibility index (Phi) is 5.22. The third kappa shape index (κ3) is 4.16. The molecule has 0 aliphatic carbocycles. The Balaban J connectivity index is 1.54. The predicted octanol–water partition coefficient (Wildman–Crippen LogP) is 1.18. The molecular weight excluding hydrogens is 335 g/mol. The number of hydrogen-bond acceptors (Lipinski definition) is 5. The lowest BCUT2D eigenvalue weighted by molar-refractivity contribution is 0.0848. The average molecular weight is 354 g/mol. The van der Waals surface area contributed by atoms with Crippen molar-refractivity contribution < 1.29 is 17.5 Å². The lowest BCUT2D eigenvalue weighted by atomic mass is 10.0. The maximum atomic E-state index is 13.6. The van der Waals surface area contributed by atoms with E-state index < -0.39 is 10.0 Å². The number of sulfonamides is 1. The van der Waals surface area contributed by atoms with Crippen molar-refractivity contribution >= 4 is 10.0 Å². The summed E-state index contributed by atoms with van der Waals surface area (Å²) in [5.74, 6) is 0.0422. The molecule has 0 saturated carbocycles. The van der Waals surface area contributed by atoms with Crippen molar-refractivity contribution in [2.24, 2.45) is 5.92 Å². The zero-order valence-corrected chi connectivity index (χ0v) is 13.8. The molecule has 0 radical (unpaired) electrons. The normalized spacial score (nSPS) is 21.2. The minimum atomic E-state index is -3.49. The van der Waals surface area contributed by atoms with Crippen molar-refractivity contribution in [1.29, 1.82) is 0 Å². The van der Waals surface area contributed by atoms with Crippen LogP contribution in [-0.2, 0) is 21.2 Å². The van der Waals surface area contributed by atoms with Crippen molar-refractivity contribution in [3.63, 3.8) is 0 Å². The van der Waals surface area contributed by atoms with E-state index in [0.29, 0.717) is 18.0 Å². The number of rotatable bonds is 7. The highest BCUT2D eigenvalue weighted by atomic mass is 32.2. The van der Waals surface area contributed by atoms with Gasteiger partial charge in [-0.05, 0) is 24.5 Å². The number of nitrogens with one attached hydrogen (secondary N) is 2. The summed E-state index contributed by atoms with van der Waals surface area (Å²) in [6.45, 7) is 0.804. The summed E-state index contributed by atoms with van der Waals surface area (Å²) < 4.78 is 46.1. The number of H-pyrrole nitrogens is 1. The van der Waals surface area contributed by atoms with Gasteiger partial charge in [0.25, 0.3) is 0 Å². The van der Waals surface area contributed by atoms with Crippen molar-refractivity contribution in [2.75, 3.05) is 18.9 Å². The second kappa shape index (κ2) is 7.37. The van der Waals surface area contributed by atoms with Gasteiger partial charge in [-0.15, -0.1) is 0 Å². The number of ether oxygens (including phenoxy) is 1. The van der Waals surface area contributed by atoms with E-state index in [1.807, 2.05) is 0 Å². The monoisotopic (exact) mass is 354 g/mol. The van der Waals surface area contributed by atoms with E-state index in [2.05, 4.69) is 19.9 Å². The molecule has 1 aliphatic rings. The fourth-order valence-electron chi connectivity index (χ4n) is 2.75. The molecule has 0 amide bonds. The van der Waals surface area contributed by atoms with E-state index >= 15 is 0 Å². The van der Waals surface area contributed by atoms with E-state index in [4.69, 9.17) is 4.74 Å². The summed E-state index contributed by atoms with van der Waals surface area (Å²) in [5.41, 5.74) is 0.395. The van der Waals surface area contributed by atoms with Gasteiger partial charge in [0, 0.05) is 19.1 Å². The van der Waals surface area contributed by atoms with Gasteiger partial charge in [-0.2, -0.15) is 5.10 Å². The summed E-state index contributed by atoms with van der Waals surface area (Å²) in [4.78, 5) is 4.07. The molecule has 2 N–H and O–H groups in total. The van der Waals surface area contributed by atoms with Crippen LogP contribution in [0.5, 0.6) is 0 Å². The van der Waals surface area contributed by atoms with Gasteiger partial charge in [-0.3, -0.25) is 5.10 Å². The first-order valence-electron chi connectivity index (χ1n) is 7.73. The Morgan fingerprint density at radius 3 is 2.96 bits per heavy atom. The molecule has 1 saturated heterocycles. The average Bonchev–Trinajstić information content (AvgIpc) is 3.23. The minimum Gasteiger partial charge on any atom is -0.370 e. The fraction of sp³-hybridized carbons (Fsp3) is 0.467. The topological polar surface area (TPSA) is 97.0 Å². The fourth-order valence-corrected chi connectivity index (χ4v) is 3.85. The van der Waals surface area contributed by atoms with Crippen LogP contribution in [0.1, 0.15) is 23.9 Å². The first kappa shape index (κ1) is 17.0. The van der Waals surface area contributed by atoms with Crippen LogP contribution in [0, 0.1) is 11.7 Å². The molecule has 0 unspecified atom stereocenters. The molecule has 24 heavy (non-hydrogen) atoms. The summed E-state index contributed by atoms with van der Waals surface area (Å²) in [6.07, 6.45) is 1.98. The number of aromatic nitrogens is 3. The zero-order chi connectivity index (χ0) is 17.0. The maximum Gasteiger partial charge on any atom is 0.211 e. The van der Waals surface area contributed by atoms with Crippen LogP contribution in [0.4, 0.5) is 4.39 Å². The molecular formula is C15H19FN4O3S. The molecule has 9 heteroatoms. The Bertz CT molecular complexity index is 767. The second-order valence-corrected chi connectivity index (χ2v) is 7.65. The van der Waals surface area contributed by atoms with E-state index in [0.717, 1.165) is 6.42 Å². The molecule has 1 aromatic carbocycles.